The third kappa shape index (κ3) is 61.7. The molecule has 79 heavy (non-hydrogen) atoms. The zero-order valence-electron chi connectivity index (χ0n) is 51.7. The van der Waals surface area contributed by atoms with Crippen LogP contribution in [0, 0.1) is 0 Å². The summed E-state index contributed by atoms with van der Waals surface area (Å²) in [4.78, 5) is 37.4. The van der Waals surface area contributed by atoms with Crippen LogP contribution < -0.4 is 5.11 Å². The number of quaternary nitrogens is 1. The first kappa shape index (κ1) is 75.2. The maximum absolute atomic E-state index is 12.9. The molecule has 0 aliphatic carbocycles. The molecule has 0 bridgehead atoms. The summed E-state index contributed by atoms with van der Waals surface area (Å²) in [5, 5.41) is 11.8. The van der Waals surface area contributed by atoms with Gasteiger partial charge in [-0.25, -0.2) is 0 Å². The van der Waals surface area contributed by atoms with Gasteiger partial charge in [-0.3, -0.25) is 9.59 Å². The van der Waals surface area contributed by atoms with Crippen molar-refractivity contribution < 1.29 is 42.9 Å². The molecule has 0 N–H and O–H groups in total. The second-order valence-corrected chi connectivity index (χ2v) is 22.7. The molecule has 0 heterocycles. The van der Waals surface area contributed by atoms with Crippen LogP contribution in [0.1, 0.15) is 271 Å². The zero-order chi connectivity index (χ0) is 57.6. The van der Waals surface area contributed by atoms with Crippen LogP contribution in [0.4, 0.5) is 0 Å². The number of rotatable bonds is 59. The van der Waals surface area contributed by atoms with E-state index in [9.17, 15) is 19.5 Å². The van der Waals surface area contributed by atoms with Crippen molar-refractivity contribution in [3.8, 4) is 0 Å². The van der Waals surface area contributed by atoms with Crippen molar-refractivity contribution in [1.82, 2.24) is 0 Å². The first-order valence-corrected chi connectivity index (χ1v) is 32.4. The van der Waals surface area contributed by atoms with Crippen LogP contribution in [0.2, 0.25) is 0 Å². The second kappa shape index (κ2) is 60.3. The molecule has 454 valence electrons. The molecule has 0 aromatic rings. The van der Waals surface area contributed by atoms with Gasteiger partial charge >= 0.3 is 11.9 Å². The van der Waals surface area contributed by atoms with Crippen LogP contribution in [-0.4, -0.2) is 82.3 Å². The minimum atomic E-state index is -1.63. The Morgan fingerprint density at radius 3 is 1.08 bits per heavy atom. The number of aliphatic carboxylic acids is 1. The lowest BCUT2D eigenvalue weighted by Crippen LogP contribution is -2.44. The van der Waals surface area contributed by atoms with Gasteiger partial charge in [0.1, 0.15) is 13.2 Å². The van der Waals surface area contributed by atoms with E-state index in [0.717, 1.165) is 96.3 Å². The number of carboxylic acids is 1. The Morgan fingerprint density at radius 2 is 0.722 bits per heavy atom. The summed E-state index contributed by atoms with van der Waals surface area (Å²) in [6.45, 7) is 4.61. The molecule has 0 radical (unpaired) electrons. The molecule has 9 nitrogen and oxygen atoms in total. The average Bonchev–Trinajstić information content (AvgIpc) is 3.42. The molecule has 0 fully saturated rings. The van der Waals surface area contributed by atoms with Crippen LogP contribution in [0.3, 0.4) is 0 Å². The molecule has 0 aromatic carbocycles. The largest absolute Gasteiger partial charge is 0.545 e. The Bertz CT molecular complexity index is 1620. The van der Waals surface area contributed by atoms with Gasteiger partial charge in [0.25, 0.3) is 0 Å². The summed E-state index contributed by atoms with van der Waals surface area (Å²) in [5.74, 6) is -2.29. The minimum absolute atomic E-state index is 0.143. The van der Waals surface area contributed by atoms with E-state index in [-0.39, 0.29) is 38.6 Å². The van der Waals surface area contributed by atoms with Gasteiger partial charge in [-0.2, -0.15) is 0 Å². The number of hydrogen-bond acceptors (Lipinski definition) is 8. The summed E-state index contributed by atoms with van der Waals surface area (Å²) in [6.07, 6.45) is 79.0. The highest BCUT2D eigenvalue weighted by Gasteiger charge is 2.22. The van der Waals surface area contributed by atoms with Crippen LogP contribution in [0.15, 0.2) is 97.2 Å². The van der Waals surface area contributed by atoms with Gasteiger partial charge in [0, 0.05) is 12.8 Å². The van der Waals surface area contributed by atoms with Gasteiger partial charge in [-0.1, -0.05) is 259 Å². The Balaban J connectivity index is 4.11. The number of ether oxygens (including phenoxy) is 4. The predicted molar refractivity (Wildman–Crippen MR) is 334 cm³/mol. The van der Waals surface area contributed by atoms with Gasteiger partial charge in [-0.15, -0.1) is 0 Å². The van der Waals surface area contributed by atoms with E-state index < -0.39 is 24.3 Å². The average molecular weight is 1100 g/mol. The van der Waals surface area contributed by atoms with Gasteiger partial charge in [0.2, 0.25) is 0 Å². The smallest absolute Gasteiger partial charge is 0.306 e. The highest BCUT2D eigenvalue weighted by molar-refractivity contribution is 5.70. The van der Waals surface area contributed by atoms with E-state index in [1.807, 2.05) is 21.1 Å². The van der Waals surface area contributed by atoms with Crippen molar-refractivity contribution in [1.29, 1.82) is 0 Å². The Morgan fingerprint density at radius 1 is 0.392 bits per heavy atom. The number of nitrogens with zero attached hydrogens (tertiary/aromatic N) is 1. The molecule has 0 amide bonds. The number of likely N-dealkylation sites (N-methyl/N-ethyl adjacent to an activating group) is 1. The lowest BCUT2D eigenvalue weighted by molar-refractivity contribution is -0.870. The van der Waals surface area contributed by atoms with E-state index >= 15 is 0 Å². The Hall–Kier alpha value is -3.79. The third-order valence-electron chi connectivity index (χ3n) is 13.8. The van der Waals surface area contributed by atoms with E-state index in [1.165, 1.54) is 141 Å². The number of hydrogen-bond donors (Lipinski definition) is 0. The molecule has 0 aromatic heterocycles. The van der Waals surface area contributed by atoms with Crippen molar-refractivity contribution in [2.24, 2.45) is 0 Å². The Labute approximate surface area is 486 Å². The van der Waals surface area contributed by atoms with Crippen LogP contribution in [0.5, 0.6) is 0 Å². The van der Waals surface area contributed by atoms with Gasteiger partial charge in [-0.05, 0) is 96.3 Å². The fourth-order valence-corrected chi connectivity index (χ4v) is 8.87. The summed E-state index contributed by atoms with van der Waals surface area (Å²) < 4.78 is 22.7. The lowest BCUT2D eigenvalue weighted by atomic mass is 10.0. The van der Waals surface area contributed by atoms with Gasteiger partial charge in [0.15, 0.2) is 12.4 Å². The zero-order valence-corrected chi connectivity index (χ0v) is 51.7. The minimum Gasteiger partial charge on any atom is -0.545 e. The fraction of sp³-hybridized carbons (Fsp3) is 0.729. The number of unbranched alkanes of at least 4 members (excludes halogenated alkanes) is 28. The van der Waals surface area contributed by atoms with Crippen LogP contribution in [-0.2, 0) is 33.3 Å². The highest BCUT2D eigenvalue weighted by atomic mass is 16.7. The van der Waals surface area contributed by atoms with E-state index in [4.69, 9.17) is 18.9 Å². The number of carbonyl (C=O) groups is 3. The summed E-state index contributed by atoms with van der Waals surface area (Å²) in [7, 11) is 5.92. The van der Waals surface area contributed by atoms with Crippen LogP contribution >= 0.6 is 0 Å². The molecule has 9 heteroatoms. The van der Waals surface area contributed by atoms with Crippen molar-refractivity contribution in [2.75, 3.05) is 47.5 Å². The number of allylic oxidation sites excluding steroid dienone is 16. The molecular formula is C70H121NO8. The molecular weight excluding hydrogens is 983 g/mol. The standard InChI is InChI=1S/C70H121NO8/c1-6-8-10-12-14-16-18-20-22-24-26-27-28-29-30-31-32-33-34-35-36-37-38-39-40-41-43-45-47-49-51-53-55-57-59-61-68(73)79-66(65-78-70(69(74)75)76-63-62-71(3,4)5)64-77-67(72)60-58-56-54-52-50-48-46-44-42-25-23-21-19-17-15-13-11-9-7-2/h8,10,14-17,20-23,26-27,29-30,42,44,66,70H,6-7,9,11-13,18-19,24-25,28,31-41,43,45-65H2,1-5H3/b10-8-,16-14-,17-15-,22-20-,23-21-,27-26-,30-29-,44-42-. The normalized spacial score (nSPS) is 13.4. The van der Waals surface area contributed by atoms with E-state index in [0.29, 0.717) is 17.4 Å². The lowest BCUT2D eigenvalue weighted by Gasteiger charge is -2.26. The van der Waals surface area contributed by atoms with Crippen molar-refractivity contribution in [3.63, 3.8) is 0 Å². The third-order valence-corrected chi connectivity index (χ3v) is 13.8. The number of carboxylic acid groups (broad SMARTS) is 1. The van der Waals surface area contributed by atoms with Crippen molar-refractivity contribution >= 4 is 17.9 Å². The molecule has 2 atom stereocenters. The van der Waals surface area contributed by atoms with Crippen molar-refractivity contribution in [3.05, 3.63) is 97.2 Å². The highest BCUT2D eigenvalue weighted by Crippen LogP contribution is 2.17. The Kier molecular flexibility index (Phi) is 57.4. The topological polar surface area (TPSA) is 111 Å². The number of esters is 2. The second-order valence-electron chi connectivity index (χ2n) is 22.7. The maximum atomic E-state index is 12.9. The quantitative estimate of drug-likeness (QED) is 0.0195. The summed E-state index contributed by atoms with van der Waals surface area (Å²) in [5.41, 5.74) is 0. The number of carbonyl (C=O) groups excluding carboxylic acids is 3. The molecule has 0 spiro atoms. The predicted octanol–water partition coefficient (Wildman–Crippen LogP) is 18.4. The molecule has 0 rings (SSSR count). The summed E-state index contributed by atoms with van der Waals surface area (Å²) in [6, 6.07) is 0. The first-order valence-electron chi connectivity index (χ1n) is 32.4. The van der Waals surface area contributed by atoms with E-state index in [1.54, 1.807) is 0 Å². The summed E-state index contributed by atoms with van der Waals surface area (Å²) >= 11 is 0. The van der Waals surface area contributed by atoms with E-state index in [2.05, 4.69) is 111 Å². The maximum Gasteiger partial charge on any atom is 0.306 e. The molecule has 0 aliphatic heterocycles. The van der Waals surface area contributed by atoms with Crippen LogP contribution in [0.25, 0.3) is 0 Å². The molecule has 0 saturated heterocycles. The first-order chi connectivity index (χ1) is 38.6. The molecule has 0 aliphatic rings. The monoisotopic (exact) mass is 1100 g/mol. The van der Waals surface area contributed by atoms with Crippen molar-refractivity contribution in [2.45, 2.75) is 283 Å². The van der Waals surface area contributed by atoms with Gasteiger partial charge in [0.05, 0.1) is 40.3 Å². The van der Waals surface area contributed by atoms with Gasteiger partial charge < -0.3 is 33.3 Å². The molecule has 0 saturated carbocycles. The fourth-order valence-electron chi connectivity index (χ4n) is 8.87. The molecule has 2 unspecified atom stereocenters. The SMILES string of the molecule is CC/C=C\C/C=C\C/C=C\C/C=C\C/C=C\CCCCCCCCCCCCCCCCCCCCCC(=O)OC(COC(=O)CCCCCCCC/C=C\C/C=C\C/C=C\CCCCC)COC(OCC[N+](C)(C)C)C(=O)[O-].